The summed E-state index contributed by atoms with van der Waals surface area (Å²) in [5, 5.41) is 4.24. The Bertz CT molecular complexity index is 609. The van der Waals surface area contributed by atoms with E-state index in [9.17, 15) is 0 Å². The summed E-state index contributed by atoms with van der Waals surface area (Å²) in [5.74, 6) is 1.16. The maximum Gasteiger partial charge on any atom is 0.117 e. The van der Waals surface area contributed by atoms with Gasteiger partial charge in [0.05, 0.1) is 16.1 Å². The molecule has 1 saturated heterocycles. The fourth-order valence-electron chi connectivity index (χ4n) is 3.04. The van der Waals surface area contributed by atoms with Crippen LogP contribution in [0.15, 0.2) is 18.2 Å². The average Bonchev–Trinajstić information content (AvgIpc) is 2.94. The van der Waals surface area contributed by atoms with E-state index in [4.69, 9.17) is 16.6 Å². The molecular weight excluding hydrogens is 258 g/mol. The topological polar surface area (TPSA) is 29.9 Å². The number of nitrogens with one attached hydrogen (secondary N) is 1. The highest BCUT2D eigenvalue weighted by atomic mass is 35.5. The monoisotopic (exact) mass is 277 g/mol. The highest BCUT2D eigenvalue weighted by molar-refractivity contribution is 6.35. The number of nitrogens with zero attached hydrogens (tertiary/aromatic N) is 2. The van der Waals surface area contributed by atoms with Gasteiger partial charge in [-0.2, -0.15) is 0 Å². The minimum Gasteiger partial charge on any atom is -0.324 e. The fourth-order valence-corrected chi connectivity index (χ4v) is 3.30. The number of hydrogen-bond donors (Lipinski definition) is 1. The molecule has 0 amide bonds. The van der Waals surface area contributed by atoms with Crippen LogP contribution in [-0.2, 0) is 5.41 Å². The molecule has 0 spiro atoms. The number of para-hydroxylation sites is 1. The molecular formula is C15H20ClN3. The Kier molecular flexibility index (Phi) is 3.06. The number of rotatable bonds is 2. The lowest BCUT2D eigenvalue weighted by atomic mass is 9.88. The van der Waals surface area contributed by atoms with Crippen molar-refractivity contribution in [1.82, 2.24) is 14.9 Å². The Balaban J connectivity index is 2.30. The first-order chi connectivity index (χ1) is 9.03. The molecule has 1 atom stereocenters. The van der Waals surface area contributed by atoms with Gasteiger partial charge in [0.15, 0.2) is 0 Å². The predicted molar refractivity (Wildman–Crippen MR) is 80.0 cm³/mol. The van der Waals surface area contributed by atoms with Crippen LogP contribution in [0.5, 0.6) is 0 Å². The summed E-state index contributed by atoms with van der Waals surface area (Å²) in [6, 6.07) is 6.33. The molecule has 102 valence electrons. The Labute approximate surface area is 119 Å². The molecule has 2 aromatic rings. The van der Waals surface area contributed by atoms with Crippen LogP contribution in [0.2, 0.25) is 5.02 Å². The third kappa shape index (κ3) is 1.96. The zero-order chi connectivity index (χ0) is 13.6. The fraction of sp³-hybridized carbons (Fsp3) is 0.533. The lowest BCUT2D eigenvalue weighted by molar-refractivity contribution is 0.442. The van der Waals surface area contributed by atoms with Crippen LogP contribution in [0.25, 0.3) is 11.0 Å². The van der Waals surface area contributed by atoms with Crippen molar-refractivity contribution in [3.05, 3.63) is 29.0 Å². The van der Waals surface area contributed by atoms with Crippen molar-refractivity contribution in [1.29, 1.82) is 0 Å². The van der Waals surface area contributed by atoms with Gasteiger partial charge < -0.3 is 9.88 Å². The average molecular weight is 278 g/mol. The SMILES string of the molecule is CC(C)n1c(C2(C)CCNC2)nc2cccc(Cl)c21. The summed E-state index contributed by atoms with van der Waals surface area (Å²) in [7, 11) is 0. The molecule has 1 N–H and O–H groups in total. The summed E-state index contributed by atoms with van der Waals surface area (Å²) in [6.07, 6.45) is 1.13. The largest absolute Gasteiger partial charge is 0.324 e. The van der Waals surface area contributed by atoms with E-state index in [2.05, 4.69) is 36.7 Å². The van der Waals surface area contributed by atoms with Crippen molar-refractivity contribution in [3.63, 3.8) is 0 Å². The van der Waals surface area contributed by atoms with Crippen LogP contribution in [-0.4, -0.2) is 22.6 Å². The molecule has 2 heterocycles. The molecule has 3 rings (SSSR count). The second-order valence-electron chi connectivity index (χ2n) is 5.99. The van der Waals surface area contributed by atoms with E-state index in [0.717, 1.165) is 41.4 Å². The van der Waals surface area contributed by atoms with Gasteiger partial charge in [-0.1, -0.05) is 24.6 Å². The van der Waals surface area contributed by atoms with E-state index in [1.165, 1.54) is 0 Å². The summed E-state index contributed by atoms with van der Waals surface area (Å²) in [5.41, 5.74) is 2.18. The maximum atomic E-state index is 6.40. The summed E-state index contributed by atoms with van der Waals surface area (Å²) < 4.78 is 2.31. The van der Waals surface area contributed by atoms with E-state index in [0.29, 0.717) is 6.04 Å². The molecule has 1 unspecified atom stereocenters. The van der Waals surface area contributed by atoms with E-state index < -0.39 is 0 Å². The zero-order valence-corrected chi connectivity index (χ0v) is 12.5. The second-order valence-corrected chi connectivity index (χ2v) is 6.40. The summed E-state index contributed by atoms with van der Waals surface area (Å²) >= 11 is 6.40. The molecule has 1 aliphatic rings. The molecule has 19 heavy (non-hydrogen) atoms. The smallest absolute Gasteiger partial charge is 0.117 e. The number of benzene rings is 1. The van der Waals surface area contributed by atoms with Gasteiger partial charge in [-0.05, 0) is 38.9 Å². The molecule has 0 saturated carbocycles. The van der Waals surface area contributed by atoms with Gasteiger partial charge in [0, 0.05) is 18.0 Å². The maximum absolute atomic E-state index is 6.40. The highest BCUT2D eigenvalue weighted by Crippen LogP contribution is 2.36. The van der Waals surface area contributed by atoms with Crippen LogP contribution >= 0.6 is 11.6 Å². The minimum absolute atomic E-state index is 0.104. The number of imidazole rings is 1. The first-order valence-electron chi connectivity index (χ1n) is 6.90. The predicted octanol–water partition coefficient (Wildman–Crippen LogP) is 3.52. The highest BCUT2D eigenvalue weighted by Gasteiger charge is 2.36. The third-order valence-electron chi connectivity index (χ3n) is 4.09. The zero-order valence-electron chi connectivity index (χ0n) is 11.7. The third-order valence-corrected chi connectivity index (χ3v) is 4.39. The van der Waals surface area contributed by atoms with Crippen LogP contribution in [0.1, 0.15) is 39.1 Å². The molecule has 0 radical (unpaired) electrons. The Morgan fingerprint density at radius 1 is 1.42 bits per heavy atom. The van der Waals surface area contributed by atoms with Gasteiger partial charge in [-0.15, -0.1) is 0 Å². The minimum atomic E-state index is 0.104. The lowest BCUT2D eigenvalue weighted by Gasteiger charge is -2.25. The number of halogens is 1. The van der Waals surface area contributed by atoms with Gasteiger partial charge in [-0.25, -0.2) is 4.98 Å². The first-order valence-corrected chi connectivity index (χ1v) is 7.28. The van der Waals surface area contributed by atoms with Gasteiger partial charge in [0.1, 0.15) is 5.82 Å². The van der Waals surface area contributed by atoms with Gasteiger partial charge in [0.25, 0.3) is 0 Å². The summed E-state index contributed by atoms with van der Waals surface area (Å²) in [4.78, 5) is 4.89. The van der Waals surface area contributed by atoms with Crippen molar-refractivity contribution < 1.29 is 0 Å². The van der Waals surface area contributed by atoms with E-state index >= 15 is 0 Å². The van der Waals surface area contributed by atoms with Crippen molar-refractivity contribution in [2.24, 2.45) is 0 Å². The number of fused-ring (bicyclic) bond motifs is 1. The molecule has 0 bridgehead atoms. The van der Waals surface area contributed by atoms with Crippen molar-refractivity contribution in [3.8, 4) is 0 Å². The van der Waals surface area contributed by atoms with Gasteiger partial charge >= 0.3 is 0 Å². The Morgan fingerprint density at radius 2 is 2.21 bits per heavy atom. The van der Waals surface area contributed by atoms with Crippen LogP contribution < -0.4 is 5.32 Å². The molecule has 1 fully saturated rings. The van der Waals surface area contributed by atoms with Crippen LogP contribution in [0, 0.1) is 0 Å². The van der Waals surface area contributed by atoms with Crippen molar-refractivity contribution >= 4 is 22.6 Å². The van der Waals surface area contributed by atoms with Crippen LogP contribution in [0.3, 0.4) is 0 Å². The quantitative estimate of drug-likeness (QED) is 0.910. The molecule has 0 aliphatic carbocycles. The molecule has 4 heteroatoms. The lowest BCUT2D eigenvalue weighted by Crippen LogP contribution is -2.29. The number of aromatic nitrogens is 2. The van der Waals surface area contributed by atoms with Crippen molar-refractivity contribution in [2.75, 3.05) is 13.1 Å². The van der Waals surface area contributed by atoms with Gasteiger partial charge in [0.2, 0.25) is 0 Å². The van der Waals surface area contributed by atoms with Crippen molar-refractivity contribution in [2.45, 2.75) is 38.6 Å². The normalized spacial score (nSPS) is 23.6. The summed E-state index contributed by atoms with van der Waals surface area (Å²) in [6.45, 7) is 8.73. The first kappa shape index (κ1) is 12.9. The second kappa shape index (κ2) is 4.50. The van der Waals surface area contributed by atoms with E-state index in [-0.39, 0.29) is 5.41 Å². The Morgan fingerprint density at radius 3 is 2.84 bits per heavy atom. The Hall–Kier alpha value is -1.06. The molecule has 1 aliphatic heterocycles. The van der Waals surface area contributed by atoms with E-state index in [1.807, 2.05) is 12.1 Å². The van der Waals surface area contributed by atoms with Gasteiger partial charge in [-0.3, -0.25) is 0 Å². The molecule has 3 nitrogen and oxygen atoms in total. The van der Waals surface area contributed by atoms with Crippen LogP contribution in [0.4, 0.5) is 0 Å². The molecule has 1 aromatic heterocycles. The van der Waals surface area contributed by atoms with E-state index in [1.54, 1.807) is 0 Å². The standard InChI is InChI=1S/C15H20ClN3/c1-10(2)19-13-11(16)5-4-6-12(13)18-14(19)15(3)7-8-17-9-15/h4-6,10,17H,7-9H2,1-3H3. The molecule has 1 aromatic carbocycles. The number of hydrogen-bond acceptors (Lipinski definition) is 2.